The Morgan fingerprint density at radius 1 is 1.27 bits per heavy atom. The molecule has 4 nitrogen and oxygen atoms in total. The molecular weight excluding hydrogens is 192 g/mol. The van der Waals surface area contributed by atoms with Gasteiger partial charge in [-0.2, -0.15) is 0 Å². The molecule has 4 heteroatoms. The van der Waals surface area contributed by atoms with Crippen molar-refractivity contribution in [3.05, 3.63) is 48.4 Å². The summed E-state index contributed by atoms with van der Waals surface area (Å²) in [6, 6.07) is 8.68. The van der Waals surface area contributed by atoms with Gasteiger partial charge in [-0.1, -0.05) is 12.1 Å². The predicted molar refractivity (Wildman–Crippen MR) is 57.5 cm³/mol. The van der Waals surface area contributed by atoms with Crippen LogP contribution >= 0.6 is 0 Å². The molecule has 0 atom stereocenters. The molecule has 0 aliphatic carbocycles. The zero-order chi connectivity index (χ0) is 10.7. The van der Waals surface area contributed by atoms with Gasteiger partial charge in [-0.25, -0.2) is 0 Å². The van der Waals surface area contributed by atoms with Gasteiger partial charge in [0.1, 0.15) is 6.26 Å². The van der Waals surface area contributed by atoms with E-state index in [1.54, 1.807) is 24.3 Å². The molecule has 1 aromatic heterocycles. The third kappa shape index (κ3) is 1.99. The van der Waals surface area contributed by atoms with Crippen molar-refractivity contribution in [3.63, 3.8) is 0 Å². The van der Waals surface area contributed by atoms with Gasteiger partial charge >= 0.3 is 0 Å². The Morgan fingerprint density at radius 3 is 2.73 bits per heavy atom. The van der Waals surface area contributed by atoms with E-state index in [2.05, 4.69) is 5.32 Å². The average molecular weight is 202 g/mol. The monoisotopic (exact) mass is 202 g/mol. The number of furan rings is 1. The van der Waals surface area contributed by atoms with Gasteiger partial charge in [0.15, 0.2) is 0 Å². The molecule has 2 rings (SSSR count). The Balaban J connectivity index is 2.17. The SMILES string of the molecule is Nc1ccccc1NC(=O)c1ccoc1. The van der Waals surface area contributed by atoms with E-state index >= 15 is 0 Å². The third-order valence-electron chi connectivity index (χ3n) is 1.99. The Kier molecular flexibility index (Phi) is 2.41. The Hall–Kier alpha value is -2.23. The van der Waals surface area contributed by atoms with Crippen LogP contribution in [0.5, 0.6) is 0 Å². The number of nitrogen functional groups attached to an aromatic ring is 1. The number of rotatable bonds is 2. The minimum atomic E-state index is -0.235. The van der Waals surface area contributed by atoms with Crippen LogP contribution in [0.15, 0.2) is 47.3 Å². The summed E-state index contributed by atoms with van der Waals surface area (Å²) >= 11 is 0. The summed E-state index contributed by atoms with van der Waals surface area (Å²) in [4.78, 5) is 11.6. The maximum absolute atomic E-state index is 11.6. The number of benzene rings is 1. The summed E-state index contributed by atoms with van der Waals surface area (Å²) in [5, 5.41) is 2.69. The molecule has 0 fully saturated rings. The van der Waals surface area contributed by atoms with Crippen LogP contribution in [0.4, 0.5) is 11.4 Å². The second-order valence-electron chi connectivity index (χ2n) is 3.05. The lowest BCUT2D eigenvalue weighted by molar-refractivity contribution is 0.102. The second-order valence-corrected chi connectivity index (χ2v) is 3.05. The highest BCUT2D eigenvalue weighted by Gasteiger charge is 2.07. The molecule has 2 aromatic rings. The Morgan fingerprint density at radius 2 is 2.07 bits per heavy atom. The summed E-state index contributed by atoms with van der Waals surface area (Å²) in [5.74, 6) is -0.235. The number of amides is 1. The summed E-state index contributed by atoms with van der Waals surface area (Å²) in [7, 11) is 0. The van der Waals surface area contributed by atoms with E-state index in [0.717, 1.165) is 0 Å². The predicted octanol–water partition coefficient (Wildman–Crippen LogP) is 2.11. The van der Waals surface area contributed by atoms with Gasteiger partial charge in [0.05, 0.1) is 23.2 Å². The maximum Gasteiger partial charge on any atom is 0.258 e. The van der Waals surface area contributed by atoms with Gasteiger partial charge in [-0.15, -0.1) is 0 Å². The second kappa shape index (κ2) is 3.88. The standard InChI is InChI=1S/C11H10N2O2/c12-9-3-1-2-4-10(9)13-11(14)8-5-6-15-7-8/h1-7H,12H2,(H,13,14). The molecule has 0 bridgehead atoms. The van der Waals surface area contributed by atoms with E-state index in [4.69, 9.17) is 10.2 Å². The van der Waals surface area contributed by atoms with Gasteiger partial charge in [-0.05, 0) is 18.2 Å². The quantitative estimate of drug-likeness (QED) is 0.733. The molecule has 1 aromatic carbocycles. The first-order chi connectivity index (χ1) is 7.27. The molecule has 3 N–H and O–H groups in total. The van der Waals surface area contributed by atoms with Crippen LogP contribution in [0.25, 0.3) is 0 Å². The van der Waals surface area contributed by atoms with E-state index in [9.17, 15) is 4.79 Å². The summed E-state index contributed by atoms with van der Waals surface area (Å²) in [6.07, 6.45) is 2.83. The average Bonchev–Trinajstić information content (AvgIpc) is 2.74. The van der Waals surface area contributed by atoms with Gasteiger partial charge < -0.3 is 15.5 Å². The van der Waals surface area contributed by atoms with Crippen LogP contribution in [0.3, 0.4) is 0 Å². The van der Waals surface area contributed by atoms with Crippen molar-refractivity contribution >= 4 is 17.3 Å². The summed E-state index contributed by atoms with van der Waals surface area (Å²) in [5.41, 5.74) is 7.29. The number of carbonyl (C=O) groups excluding carboxylic acids is 1. The topological polar surface area (TPSA) is 68.3 Å². The van der Waals surface area contributed by atoms with Crippen molar-refractivity contribution in [3.8, 4) is 0 Å². The van der Waals surface area contributed by atoms with Crippen LogP contribution in [0.2, 0.25) is 0 Å². The highest BCUT2D eigenvalue weighted by molar-refractivity contribution is 6.05. The van der Waals surface area contributed by atoms with Crippen LogP contribution in [0, 0.1) is 0 Å². The number of carbonyl (C=O) groups is 1. The lowest BCUT2D eigenvalue weighted by Crippen LogP contribution is -2.12. The molecule has 1 amide bonds. The van der Waals surface area contributed by atoms with E-state index in [-0.39, 0.29) is 5.91 Å². The fraction of sp³-hybridized carbons (Fsp3) is 0. The molecule has 1 heterocycles. The fourth-order valence-corrected chi connectivity index (χ4v) is 1.20. The lowest BCUT2D eigenvalue weighted by Gasteiger charge is -2.05. The largest absolute Gasteiger partial charge is 0.472 e. The van der Waals surface area contributed by atoms with Crippen molar-refractivity contribution in [2.24, 2.45) is 0 Å². The van der Waals surface area contributed by atoms with Crippen molar-refractivity contribution in [1.82, 2.24) is 0 Å². The van der Waals surface area contributed by atoms with Crippen LogP contribution in [-0.4, -0.2) is 5.91 Å². The number of para-hydroxylation sites is 2. The molecule has 0 spiro atoms. The maximum atomic E-state index is 11.6. The third-order valence-corrected chi connectivity index (χ3v) is 1.99. The molecule has 0 saturated carbocycles. The zero-order valence-corrected chi connectivity index (χ0v) is 7.94. The highest BCUT2D eigenvalue weighted by Crippen LogP contribution is 2.17. The highest BCUT2D eigenvalue weighted by atomic mass is 16.3. The van der Waals surface area contributed by atoms with Gasteiger partial charge in [-0.3, -0.25) is 4.79 Å². The lowest BCUT2D eigenvalue weighted by atomic mass is 10.2. The zero-order valence-electron chi connectivity index (χ0n) is 7.94. The first-order valence-electron chi connectivity index (χ1n) is 4.45. The molecule has 0 saturated heterocycles. The van der Waals surface area contributed by atoms with Crippen LogP contribution < -0.4 is 11.1 Å². The number of hydrogen-bond donors (Lipinski definition) is 2. The summed E-state index contributed by atoms with van der Waals surface area (Å²) in [6.45, 7) is 0. The molecule has 76 valence electrons. The first-order valence-corrected chi connectivity index (χ1v) is 4.45. The molecular formula is C11H10N2O2. The normalized spacial score (nSPS) is 9.87. The van der Waals surface area contributed by atoms with Crippen molar-refractivity contribution in [2.75, 3.05) is 11.1 Å². The van der Waals surface area contributed by atoms with Crippen molar-refractivity contribution in [2.45, 2.75) is 0 Å². The van der Waals surface area contributed by atoms with E-state index < -0.39 is 0 Å². The van der Waals surface area contributed by atoms with E-state index in [1.165, 1.54) is 12.5 Å². The van der Waals surface area contributed by atoms with E-state index in [1.807, 2.05) is 6.07 Å². The van der Waals surface area contributed by atoms with Crippen LogP contribution in [0.1, 0.15) is 10.4 Å². The Labute approximate surface area is 86.7 Å². The van der Waals surface area contributed by atoms with Crippen molar-refractivity contribution in [1.29, 1.82) is 0 Å². The molecule has 15 heavy (non-hydrogen) atoms. The smallest absolute Gasteiger partial charge is 0.258 e. The number of nitrogens with one attached hydrogen (secondary N) is 1. The van der Waals surface area contributed by atoms with Crippen molar-refractivity contribution < 1.29 is 9.21 Å². The molecule has 0 unspecified atom stereocenters. The first kappa shape index (κ1) is 9.33. The molecule has 0 aliphatic heterocycles. The number of hydrogen-bond acceptors (Lipinski definition) is 3. The molecule has 0 aliphatic rings. The summed E-state index contributed by atoms with van der Waals surface area (Å²) < 4.78 is 4.81. The Bertz CT molecular complexity index is 463. The fourth-order valence-electron chi connectivity index (χ4n) is 1.20. The molecule has 0 radical (unpaired) electrons. The van der Waals surface area contributed by atoms with Gasteiger partial charge in [0.2, 0.25) is 0 Å². The number of anilines is 2. The minimum Gasteiger partial charge on any atom is -0.472 e. The van der Waals surface area contributed by atoms with Gasteiger partial charge in [0, 0.05) is 0 Å². The number of nitrogens with two attached hydrogens (primary N) is 1. The van der Waals surface area contributed by atoms with Gasteiger partial charge in [0.25, 0.3) is 5.91 Å². The van der Waals surface area contributed by atoms with E-state index in [0.29, 0.717) is 16.9 Å². The minimum absolute atomic E-state index is 0.235. The van der Waals surface area contributed by atoms with Crippen LogP contribution in [-0.2, 0) is 0 Å².